The lowest BCUT2D eigenvalue weighted by molar-refractivity contribution is -0.139. The minimum Gasteiger partial charge on any atom is -0.342 e. The van der Waals surface area contributed by atoms with E-state index in [0.717, 1.165) is 57.4 Å². The molecule has 28 heavy (non-hydrogen) atoms. The molecular formula is C22H32ClN3O2. The number of carbonyl (C=O) groups is 2. The second kappa shape index (κ2) is 9.27. The van der Waals surface area contributed by atoms with Gasteiger partial charge in [0.2, 0.25) is 11.8 Å². The van der Waals surface area contributed by atoms with E-state index in [1.807, 2.05) is 47.9 Å². The van der Waals surface area contributed by atoms with Crippen LogP contribution < -0.4 is 0 Å². The highest BCUT2D eigenvalue weighted by Crippen LogP contribution is 2.43. The molecule has 3 rings (SSSR count). The highest BCUT2D eigenvalue weighted by molar-refractivity contribution is 6.30. The molecule has 1 aliphatic heterocycles. The fraction of sp³-hybridized carbons (Fsp3) is 0.636. The van der Waals surface area contributed by atoms with Crippen molar-refractivity contribution in [1.29, 1.82) is 0 Å². The van der Waals surface area contributed by atoms with E-state index in [0.29, 0.717) is 24.7 Å². The van der Waals surface area contributed by atoms with Crippen LogP contribution in [0, 0.1) is 0 Å². The van der Waals surface area contributed by atoms with Gasteiger partial charge in [-0.1, -0.05) is 36.6 Å². The molecule has 0 radical (unpaired) electrons. The normalized spacial score (nSPS) is 19.6. The Morgan fingerprint density at radius 1 is 1.00 bits per heavy atom. The summed E-state index contributed by atoms with van der Waals surface area (Å²) < 4.78 is 0. The number of rotatable bonds is 6. The van der Waals surface area contributed by atoms with Crippen molar-refractivity contribution in [2.24, 2.45) is 0 Å². The highest BCUT2D eigenvalue weighted by atomic mass is 35.5. The molecule has 5 nitrogen and oxygen atoms in total. The van der Waals surface area contributed by atoms with Gasteiger partial charge in [-0.15, -0.1) is 0 Å². The van der Waals surface area contributed by atoms with E-state index in [9.17, 15) is 9.59 Å². The smallest absolute Gasteiger partial charge is 0.236 e. The Morgan fingerprint density at radius 3 is 2.11 bits per heavy atom. The lowest BCUT2D eigenvalue weighted by Crippen LogP contribution is -2.55. The molecule has 2 amide bonds. The highest BCUT2D eigenvalue weighted by Gasteiger charge is 2.45. The zero-order valence-corrected chi connectivity index (χ0v) is 17.9. The predicted molar refractivity (Wildman–Crippen MR) is 113 cm³/mol. The van der Waals surface area contributed by atoms with Crippen molar-refractivity contribution in [1.82, 2.24) is 14.7 Å². The third-order valence-corrected chi connectivity index (χ3v) is 6.65. The first kappa shape index (κ1) is 21.1. The van der Waals surface area contributed by atoms with Crippen LogP contribution in [0.2, 0.25) is 5.02 Å². The maximum atomic E-state index is 13.5. The molecule has 1 aliphatic carbocycles. The van der Waals surface area contributed by atoms with Gasteiger partial charge >= 0.3 is 0 Å². The van der Waals surface area contributed by atoms with Gasteiger partial charge in [0.05, 0.1) is 12.0 Å². The molecule has 1 saturated carbocycles. The first-order valence-electron chi connectivity index (χ1n) is 10.6. The second-order valence-electron chi connectivity index (χ2n) is 7.93. The van der Waals surface area contributed by atoms with E-state index in [-0.39, 0.29) is 11.8 Å². The van der Waals surface area contributed by atoms with E-state index in [1.54, 1.807) is 0 Å². The number of carbonyl (C=O) groups excluding carboxylic acids is 2. The number of hydrogen-bond acceptors (Lipinski definition) is 3. The monoisotopic (exact) mass is 405 g/mol. The second-order valence-corrected chi connectivity index (χ2v) is 8.37. The van der Waals surface area contributed by atoms with E-state index in [1.165, 1.54) is 0 Å². The molecule has 1 saturated heterocycles. The molecule has 0 atom stereocenters. The van der Waals surface area contributed by atoms with Gasteiger partial charge in [-0.05, 0) is 44.4 Å². The van der Waals surface area contributed by atoms with Gasteiger partial charge < -0.3 is 9.80 Å². The summed E-state index contributed by atoms with van der Waals surface area (Å²) in [6, 6.07) is 7.82. The van der Waals surface area contributed by atoms with E-state index in [2.05, 4.69) is 4.90 Å². The van der Waals surface area contributed by atoms with Crippen LogP contribution in [0.4, 0.5) is 0 Å². The number of amides is 2. The quantitative estimate of drug-likeness (QED) is 0.730. The Kier molecular flexibility index (Phi) is 7.00. The Balaban J connectivity index is 1.63. The van der Waals surface area contributed by atoms with Crippen LogP contribution in [0.15, 0.2) is 24.3 Å². The lowest BCUT2D eigenvalue weighted by Gasteiger charge is -2.40. The maximum Gasteiger partial charge on any atom is 0.236 e. The molecule has 1 aromatic rings. The molecule has 0 N–H and O–H groups in total. The van der Waals surface area contributed by atoms with Crippen molar-refractivity contribution in [2.75, 3.05) is 45.8 Å². The van der Waals surface area contributed by atoms with Crippen LogP contribution in [-0.2, 0) is 15.0 Å². The molecule has 2 fully saturated rings. The van der Waals surface area contributed by atoms with E-state index < -0.39 is 5.41 Å². The van der Waals surface area contributed by atoms with Crippen molar-refractivity contribution in [2.45, 2.75) is 44.9 Å². The predicted octanol–water partition coefficient (Wildman–Crippen LogP) is 3.16. The SMILES string of the molecule is CCN(CC)C(=O)CN1CCN(C(=O)C2(c3ccc(Cl)cc3)CCCC2)CC1. The van der Waals surface area contributed by atoms with Gasteiger partial charge in [0.15, 0.2) is 0 Å². The van der Waals surface area contributed by atoms with Crippen molar-refractivity contribution in [3.05, 3.63) is 34.9 Å². The van der Waals surface area contributed by atoms with Crippen LogP contribution in [0.25, 0.3) is 0 Å². The van der Waals surface area contributed by atoms with Gasteiger partial charge in [-0.3, -0.25) is 14.5 Å². The Labute approximate surface area is 173 Å². The minimum absolute atomic E-state index is 0.179. The number of likely N-dealkylation sites (N-methyl/N-ethyl adjacent to an activating group) is 1. The average molecular weight is 406 g/mol. The summed E-state index contributed by atoms with van der Waals surface area (Å²) in [5, 5.41) is 0.704. The van der Waals surface area contributed by atoms with E-state index >= 15 is 0 Å². The maximum absolute atomic E-state index is 13.5. The molecule has 1 heterocycles. The molecule has 0 spiro atoms. The summed E-state index contributed by atoms with van der Waals surface area (Å²) in [5.74, 6) is 0.431. The van der Waals surface area contributed by atoms with Crippen LogP contribution >= 0.6 is 11.6 Å². The van der Waals surface area contributed by atoms with Gasteiger partial charge in [-0.25, -0.2) is 0 Å². The molecule has 0 bridgehead atoms. The number of halogens is 1. The molecule has 0 unspecified atom stereocenters. The minimum atomic E-state index is -0.399. The lowest BCUT2D eigenvalue weighted by atomic mass is 9.77. The van der Waals surface area contributed by atoms with Crippen LogP contribution in [-0.4, -0.2) is 72.3 Å². The Morgan fingerprint density at radius 2 is 1.57 bits per heavy atom. The van der Waals surface area contributed by atoms with Crippen molar-refractivity contribution in [3.63, 3.8) is 0 Å². The standard InChI is InChI=1S/C22H32ClN3O2/c1-3-25(4-2)20(27)17-24-13-15-26(16-14-24)21(28)22(11-5-6-12-22)18-7-9-19(23)10-8-18/h7-10H,3-6,11-17H2,1-2H3. The van der Waals surface area contributed by atoms with Crippen molar-refractivity contribution in [3.8, 4) is 0 Å². The zero-order chi connectivity index (χ0) is 20.1. The number of piperazine rings is 1. The number of hydrogen-bond donors (Lipinski definition) is 0. The van der Waals surface area contributed by atoms with Gasteiger partial charge in [0, 0.05) is 44.3 Å². The van der Waals surface area contributed by atoms with E-state index in [4.69, 9.17) is 11.6 Å². The molecule has 0 aromatic heterocycles. The molecular weight excluding hydrogens is 374 g/mol. The summed E-state index contributed by atoms with van der Waals surface area (Å²) in [7, 11) is 0. The summed E-state index contributed by atoms with van der Waals surface area (Å²) in [6.07, 6.45) is 4.00. The topological polar surface area (TPSA) is 43.9 Å². The number of benzene rings is 1. The first-order chi connectivity index (χ1) is 13.5. The van der Waals surface area contributed by atoms with Gasteiger partial charge in [0.25, 0.3) is 0 Å². The Bertz CT molecular complexity index is 674. The fourth-order valence-corrected chi connectivity index (χ4v) is 4.78. The van der Waals surface area contributed by atoms with Crippen LogP contribution in [0.1, 0.15) is 45.1 Å². The first-order valence-corrected chi connectivity index (χ1v) is 10.9. The largest absolute Gasteiger partial charge is 0.342 e. The molecule has 2 aliphatic rings. The third kappa shape index (κ3) is 4.36. The van der Waals surface area contributed by atoms with Crippen LogP contribution in [0.3, 0.4) is 0 Å². The average Bonchev–Trinajstić information content (AvgIpc) is 3.20. The third-order valence-electron chi connectivity index (χ3n) is 6.40. The summed E-state index contributed by atoms with van der Waals surface area (Å²) in [5.41, 5.74) is 0.697. The van der Waals surface area contributed by atoms with Crippen molar-refractivity contribution < 1.29 is 9.59 Å². The molecule has 6 heteroatoms. The summed E-state index contributed by atoms with van der Waals surface area (Å²) >= 11 is 6.06. The molecule has 154 valence electrons. The van der Waals surface area contributed by atoms with Gasteiger partial charge in [-0.2, -0.15) is 0 Å². The van der Waals surface area contributed by atoms with Gasteiger partial charge in [0.1, 0.15) is 0 Å². The van der Waals surface area contributed by atoms with Crippen LogP contribution in [0.5, 0.6) is 0 Å². The number of nitrogens with zero attached hydrogens (tertiary/aromatic N) is 3. The van der Waals surface area contributed by atoms with Crippen molar-refractivity contribution >= 4 is 23.4 Å². The Hall–Kier alpha value is -1.59. The zero-order valence-electron chi connectivity index (χ0n) is 17.1. The summed E-state index contributed by atoms with van der Waals surface area (Å²) in [4.78, 5) is 31.9. The molecule has 1 aromatic carbocycles. The summed E-state index contributed by atoms with van der Waals surface area (Å²) in [6.45, 7) is 8.87. The fourth-order valence-electron chi connectivity index (χ4n) is 4.65.